The van der Waals surface area contributed by atoms with Crippen molar-refractivity contribution in [3.05, 3.63) is 0 Å². The molecule has 1 saturated carbocycles. The van der Waals surface area contributed by atoms with Gasteiger partial charge in [-0.2, -0.15) is 0 Å². The monoisotopic (exact) mass is 393 g/mol. The standard InChI is InChI=1S/C22H39N3O3/c1-7-21(5,6)17-10-12-22(13-11-17)19(27)25(20(28)24-22)14-18(26)23-16(4)9-8-15(2)3/h15-17H,7-14H2,1-6H3,(H,23,26)(H,24,28). The van der Waals surface area contributed by atoms with Crippen molar-refractivity contribution >= 4 is 17.8 Å². The van der Waals surface area contributed by atoms with E-state index in [9.17, 15) is 14.4 Å². The van der Waals surface area contributed by atoms with E-state index in [4.69, 9.17) is 0 Å². The molecule has 0 aromatic carbocycles. The third kappa shape index (κ3) is 5.06. The second-order valence-electron chi connectivity index (χ2n) is 9.96. The third-order valence-electron chi connectivity index (χ3n) is 6.99. The van der Waals surface area contributed by atoms with E-state index < -0.39 is 11.6 Å². The molecule has 0 bridgehead atoms. The van der Waals surface area contributed by atoms with Gasteiger partial charge in [-0.1, -0.05) is 41.0 Å². The quantitative estimate of drug-likeness (QED) is 0.615. The number of urea groups is 1. The Morgan fingerprint density at radius 2 is 1.82 bits per heavy atom. The van der Waals surface area contributed by atoms with Crippen LogP contribution >= 0.6 is 0 Å². The summed E-state index contributed by atoms with van der Waals surface area (Å²) < 4.78 is 0. The van der Waals surface area contributed by atoms with Crippen molar-refractivity contribution in [2.75, 3.05) is 6.54 Å². The maximum absolute atomic E-state index is 13.0. The van der Waals surface area contributed by atoms with Gasteiger partial charge in [0.1, 0.15) is 12.1 Å². The molecule has 6 heteroatoms. The molecule has 2 rings (SSSR count). The maximum atomic E-state index is 13.0. The highest BCUT2D eigenvalue weighted by Gasteiger charge is 2.53. The topological polar surface area (TPSA) is 78.5 Å². The summed E-state index contributed by atoms with van der Waals surface area (Å²) in [7, 11) is 0. The summed E-state index contributed by atoms with van der Waals surface area (Å²) >= 11 is 0. The van der Waals surface area contributed by atoms with Gasteiger partial charge >= 0.3 is 6.03 Å². The van der Waals surface area contributed by atoms with Gasteiger partial charge in [0.15, 0.2) is 0 Å². The van der Waals surface area contributed by atoms with Gasteiger partial charge in [0.2, 0.25) is 5.91 Å². The molecule has 1 atom stereocenters. The van der Waals surface area contributed by atoms with E-state index in [1.54, 1.807) is 0 Å². The van der Waals surface area contributed by atoms with Crippen LogP contribution in [0.2, 0.25) is 0 Å². The van der Waals surface area contributed by atoms with Gasteiger partial charge in [-0.05, 0) is 62.7 Å². The van der Waals surface area contributed by atoms with Crippen LogP contribution in [0, 0.1) is 17.3 Å². The molecule has 0 aromatic rings. The SMILES string of the molecule is CCC(C)(C)C1CCC2(CC1)NC(=O)N(CC(=O)NC(C)CCC(C)C)C2=O. The first-order valence-corrected chi connectivity index (χ1v) is 10.9. The molecular formula is C22H39N3O3. The average molecular weight is 394 g/mol. The van der Waals surface area contributed by atoms with Crippen LogP contribution in [-0.4, -0.2) is 40.9 Å². The minimum absolute atomic E-state index is 0.0383. The Morgan fingerprint density at radius 1 is 1.21 bits per heavy atom. The lowest BCUT2D eigenvalue weighted by molar-refractivity contribution is -0.136. The number of carbonyl (C=O) groups is 3. The fourth-order valence-electron chi connectivity index (χ4n) is 4.46. The highest BCUT2D eigenvalue weighted by Crippen LogP contribution is 2.45. The van der Waals surface area contributed by atoms with Crippen molar-refractivity contribution in [3.63, 3.8) is 0 Å². The van der Waals surface area contributed by atoms with Crippen molar-refractivity contribution in [2.24, 2.45) is 17.3 Å². The van der Waals surface area contributed by atoms with E-state index in [2.05, 4.69) is 45.3 Å². The van der Waals surface area contributed by atoms with Gasteiger partial charge < -0.3 is 10.6 Å². The molecule has 1 aliphatic carbocycles. The highest BCUT2D eigenvalue weighted by molar-refractivity contribution is 6.09. The first-order valence-electron chi connectivity index (χ1n) is 10.9. The van der Waals surface area contributed by atoms with Crippen LogP contribution < -0.4 is 10.6 Å². The minimum atomic E-state index is -0.805. The first kappa shape index (κ1) is 22.7. The van der Waals surface area contributed by atoms with Gasteiger partial charge in [0.25, 0.3) is 5.91 Å². The molecule has 0 aromatic heterocycles. The van der Waals surface area contributed by atoms with E-state index in [0.29, 0.717) is 24.7 Å². The number of hydrogen-bond donors (Lipinski definition) is 2. The number of hydrogen-bond acceptors (Lipinski definition) is 3. The fraction of sp³-hybridized carbons (Fsp3) is 0.864. The molecule has 1 heterocycles. The molecule has 1 aliphatic heterocycles. The summed E-state index contributed by atoms with van der Waals surface area (Å²) in [6.45, 7) is 12.8. The van der Waals surface area contributed by atoms with Crippen LogP contribution in [0.3, 0.4) is 0 Å². The smallest absolute Gasteiger partial charge is 0.325 e. The molecule has 28 heavy (non-hydrogen) atoms. The van der Waals surface area contributed by atoms with Gasteiger partial charge in [-0.15, -0.1) is 0 Å². The number of carbonyl (C=O) groups excluding carboxylic acids is 3. The predicted molar refractivity (Wildman–Crippen MR) is 111 cm³/mol. The van der Waals surface area contributed by atoms with Crippen LogP contribution in [0.5, 0.6) is 0 Å². The summed E-state index contributed by atoms with van der Waals surface area (Å²) in [5, 5.41) is 5.83. The summed E-state index contributed by atoms with van der Waals surface area (Å²) in [6.07, 6.45) is 6.21. The number of rotatable bonds is 8. The zero-order chi connectivity index (χ0) is 21.1. The molecule has 2 fully saturated rings. The van der Waals surface area contributed by atoms with Gasteiger partial charge in [-0.25, -0.2) is 4.79 Å². The zero-order valence-corrected chi connectivity index (χ0v) is 18.6. The molecule has 2 aliphatic rings. The van der Waals surface area contributed by atoms with E-state index in [-0.39, 0.29) is 29.8 Å². The fourth-order valence-corrected chi connectivity index (χ4v) is 4.46. The normalized spacial score (nSPS) is 26.7. The maximum Gasteiger partial charge on any atom is 0.325 e. The van der Waals surface area contributed by atoms with Crippen molar-refractivity contribution in [2.45, 2.75) is 98.1 Å². The Balaban J connectivity index is 1.92. The first-order chi connectivity index (χ1) is 13.0. The van der Waals surface area contributed by atoms with Crippen molar-refractivity contribution in [1.29, 1.82) is 0 Å². The average Bonchev–Trinajstić information content (AvgIpc) is 2.84. The van der Waals surface area contributed by atoms with Crippen LogP contribution in [0.15, 0.2) is 0 Å². The van der Waals surface area contributed by atoms with Crippen molar-refractivity contribution < 1.29 is 14.4 Å². The third-order valence-corrected chi connectivity index (χ3v) is 6.99. The predicted octanol–water partition coefficient (Wildman–Crippen LogP) is 3.84. The highest BCUT2D eigenvalue weighted by atomic mass is 16.2. The molecule has 1 saturated heterocycles. The van der Waals surface area contributed by atoms with Gasteiger partial charge in [-0.3, -0.25) is 14.5 Å². The molecule has 1 unspecified atom stereocenters. The minimum Gasteiger partial charge on any atom is -0.352 e. The molecule has 160 valence electrons. The molecule has 6 nitrogen and oxygen atoms in total. The van der Waals surface area contributed by atoms with Crippen molar-refractivity contribution in [3.8, 4) is 0 Å². The van der Waals surface area contributed by atoms with E-state index in [1.807, 2.05) is 6.92 Å². The van der Waals surface area contributed by atoms with Crippen LogP contribution in [0.4, 0.5) is 4.79 Å². The lowest BCUT2D eigenvalue weighted by atomic mass is 9.65. The van der Waals surface area contributed by atoms with Crippen LogP contribution in [0.1, 0.15) is 86.5 Å². The van der Waals surface area contributed by atoms with E-state index >= 15 is 0 Å². The van der Waals surface area contributed by atoms with E-state index in [0.717, 1.165) is 37.0 Å². The number of nitrogens with one attached hydrogen (secondary N) is 2. The lowest BCUT2D eigenvalue weighted by Gasteiger charge is -2.42. The number of nitrogens with zero attached hydrogens (tertiary/aromatic N) is 1. The Morgan fingerprint density at radius 3 is 2.36 bits per heavy atom. The number of amides is 4. The van der Waals surface area contributed by atoms with Gasteiger partial charge in [0.05, 0.1) is 0 Å². The molecular weight excluding hydrogens is 354 g/mol. The zero-order valence-electron chi connectivity index (χ0n) is 18.6. The molecule has 0 radical (unpaired) electrons. The Hall–Kier alpha value is -1.59. The van der Waals surface area contributed by atoms with Crippen molar-refractivity contribution in [1.82, 2.24) is 15.5 Å². The summed E-state index contributed by atoms with van der Waals surface area (Å²) in [5.41, 5.74) is -0.556. The molecule has 1 spiro atoms. The lowest BCUT2D eigenvalue weighted by Crippen LogP contribution is -2.51. The summed E-state index contributed by atoms with van der Waals surface area (Å²) in [5.74, 6) is 0.651. The van der Waals surface area contributed by atoms with Crippen LogP contribution in [0.25, 0.3) is 0 Å². The molecule has 4 amide bonds. The molecule has 2 N–H and O–H groups in total. The Kier molecular flexibility index (Phi) is 7.16. The second kappa shape index (κ2) is 8.83. The van der Waals surface area contributed by atoms with Crippen LogP contribution in [-0.2, 0) is 9.59 Å². The largest absolute Gasteiger partial charge is 0.352 e. The Bertz CT molecular complexity index is 592. The van der Waals surface area contributed by atoms with Gasteiger partial charge in [0, 0.05) is 6.04 Å². The summed E-state index contributed by atoms with van der Waals surface area (Å²) in [4.78, 5) is 38.9. The second-order valence-corrected chi connectivity index (χ2v) is 9.96. The Labute approximate surface area is 170 Å². The number of imide groups is 1. The summed E-state index contributed by atoms with van der Waals surface area (Å²) in [6, 6.07) is -0.389. The van der Waals surface area contributed by atoms with E-state index in [1.165, 1.54) is 0 Å².